The highest BCUT2D eigenvalue weighted by Gasteiger charge is 2.12. The first-order valence-corrected chi connectivity index (χ1v) is 5.75. The van der Waals surface area contributed by atoms with Crippen LogP contribution in [0.4, 0.5) is 5.13 Å². The van der Waals surface area contributed by atoms with Gasteiger partial charge < -0.3 is 14.7 Å². The molecule has 6 nitrogen and oxygen atoms in total. The van der Waals surface area contributed by atoms with Gasteiger partial charge in [0.05, 0.1) is 18.4 Å². The lowest BCUT2D eigenvalue weighted by molar-refractivity contribution is 0.383. The van der Waals surface area contributed by atoms with Gasteiger partial charge in [0.2, 0.25) is 11.7 Å². The van der Waals surface area contributed by atoms with Crippen LogP contribution in [0.5, 0.6) is 0 Å². The molecule has 0 atom stereocenters. The van der Waals surface area contributed by atoms with Crippen molar-refractivity contribution in [2.45, 2.75) is 6.42 Å². The van der Waals surface area contributed by atoms with Crippen LogP contribution >= 0.6 is 11.3 Å². The fourth-order valence-electron chi connectivity index (χ4n) is 1.39. The number of nitrogens with two attached hydrogens (primary N) is 1. The number of aromatic nitrogens is 3. The van der Waals surface area contributed by atoms with E-state index in [4.69, 9.17) is 14.7 Å². The minimum Gasteiger partial charge on any atom is -0.461 e. The third-order valence-electron chi connectivity index (χ3n) is 2.11. The molecule has 0 aromatic carbocycles. The first-order chi connectivity index (χ1) is 8.31. The maximum absolute atomic E-state index is 5.54. The van der Waals surface area contributed by atoms with E-state index in [-0.39, 0.29) is 0 Å². The summed E-state index contributed by atoms with van der Waals surface area (Å²) in [5, 5.41) is 6.23. The van der Waals surface area contributed by atoms with Crippen LogP contribution in [0.3, 0.4) is 0 Å². The molecular formula is C10H8N4O2S. The van der Waals surface area contributed by atoms with Gasteiger partial charge in [0.1, 0.15) is 0 Å². The summed E-state index contributed by atoms with van der Waals surface area (Å²) >= 11 is 1.39. The Morgan fingerprint density at radius 3 is 3.00 bits per heavy atom. The summed E-state index contributed by atoms with van der Waals surface area (Å²) in [6, 6.07) is 3.54. The maximum atomic E-state index is 5.54. The monoisotopic (exact) mass is 248 g/mol. The molecule has 7 heteroatoms. The first-order valence-electron chi connectivity index (χ1n) is 4.87. The third kappa shape index (κ3) is 2.04. The largest absolute Gasteiger partial charge is 0.461 e. The Kier molecular flexibility index (Phi) is 2.37. The van der Waals surface area contributed by atoms with E-state index in [1.54, 1.807) is 18.4 Å². The van der Waals surface area contributed by atoms with Crippen LogP contribution < -0.4 is 5.73 Å². The first kappa shape index (κ1) is 10.0. The lowest BCUT2D eigenvalue weighted by atomic mass is 10.3. The zero-order valence-corrected chi connectivity index (χ0v) is 9.48. The summed E-state index contributed by atoms with van der Waals surface area (Å²) in [7, 11) is 0. The minimum atomic E-state index is 0.438. The van der Waals surface area contributed by atoms with Crippen molar-refractivity contribution in [1.29, 1.82) is 0 Å². The molecule has 0 saturated carbocycles. The second-order valence-corrected chi connectivity index (χ2v) is 4.23. The predicted molar refractivity (Wildman–Crippen MR) is 61.3 cm³/mol. The zero-order chi connectivity index (χ0) is 11.7. The van der Waals surface area contributed by atoms with E-state index >= 15 is 0 Å². The average Bonchev–Trinajstić information content (AvgIpc) is 3.00. The number of anilines is 1. The molecule has 2 N–H and O–H groups in total. The van der Waals surface area contributed by atoms with Crippen LogP contribution in [0.2, 0.25) is 0 Å². The van der Waals surface area contributed by atoms with Gasteiger partial charge in [-0.3, -0.25) is 0 Å². The summed E-state index contributed by atoms with van der Waals surface area (Å²) in [4.78, 5) is 8.33. The number of hydrogen-bond donors (Lipinski definition) is 1. The maximum Gasteiger partial charge on any atom is 0.238 e. The van der Waals surface area contributed by atoms with Crippen molar-refractivity contribution >= 4 is 16.5 Å². The Bertz CT molecular complexity index is 614. The van der Waals surface area contributed by atoms with E-state index in [1.807, 2.05) is 5.38 Å². The highest BCUT2D eigenvalue weighted by Crippen LogP contribution is 2.18. The van der Waals surface area contributed by atoms with Crippen LogP contribution in [-0.4, -0.2) is 15.1 Å². The molecule has 0 aliphatic rings. The fraction of sp³-hybridized carbons (Fsp3) is 0.100. The molecule has 3 aromatic rings. The topological polar surface area (TPSA) is 91.0 Å². The molecule has 0 radical (unpaired) electrons. The molecule has 86 valence electrons. The van der Waals surface area contributed by atoms with Crippen molar-refractivity contribution in [3.05, 3.63) is 35.4 Å². The van der Waals surface area contributed by atoms with E-state index in [1.165, 1.54) is 11.3 Å². The van der Waals surface area contributed by atoms with Crippen LogP contribution in [0.25, 0.3) is 11.6 Å². The summed E-state index contributed by atoms with van der Waals surface area (Å²) < 4.78 is 10.3. The Labute approximate surface area is 100 Å². The van der Waals surface area contributed by atoms with Crippen molar-refractivity contribution in [3.8, 4) is 11.6 Å². The quantitative estimate of drug-likeness (QED) is 0.761. The lowest BCUT2D eigenvalue weighted by Crippen LogP contribution is -1.90. The highest BCUT2D eigenvalue weighted by molar-refractivity contribution is 7.13. The van der Waals surface area contributed by atoms with Gasteiger partial charge in [0, 0.05) is 5.38 Å². The Balaban J connectivity index is 1.81. The molecule has 0 amide bonds. The van der Waals surface area contributed by atoms with Crippen molar-refractivity contribution in [2.75, 3.05) is 5.73 Å². The molecule has 0 aliphatic carbocycles. The van der Waals surface area contributed by atoms with Gasteiger partial charge in [-0.15, -0.1) is 11.3 Å². The molecule has 3 rings (SSSR count). The van der Waals surface area contributed by atoms with Crippen LogP contribution in [-0.2, 0) is 6.42 Å². The van der Waals surface area contributed by atoms with Crippen LogP contribution in [0, 0.1) is 0 Å². The minimum absolute atomic E-state index is 0.438. The lowest BCUT2D eigenvalue weighted by Gasteiger charge is -1.87. The Morgan fingerprint density at radius 1 is 1.35 bits per heavy atom. The van der Waals surface area contributed by atoms with Gasteiger partial charge >= 0.3 is 0 Å². The smallest absolute Gasteiger partial charge is 0.238 e. The third-order valence-corrected chi connectivity index (χ3v) is 2.83. The van der Waals surface area contributed by atoms with Crippen molar-refractivity contribution < 1.29 is 8.94 Å². The second kappa shape index (κ2) is 4.02. The Hall–Kier alpha value is -2.15. The number of nitrogens with zero attached hydrogens (tertiary/aromatic N) is 3. The van der Waals surface area contributed by atoms with Gasteiger partial charge in [0.15, 0.2) is 10.9 Å². The van der Waals surface area contributed by atoms with Crippen molar-refractivity contribution in [1.82, 2.24) is 15.1 Å². The van der Waals surface area contributed by atoms with Gasteiger partial charge in [0.25, 0.3) is 0 Å². The molecule has 17 heavy (non-hydrogen) atoms. The van der Waals surface area contributed by atoms with Gasteiger partial charge in [-0.25, -0.2) is 4.98 Å². The number of hydrogen-bond acceptors (Lipinski definition) is 7. The summed E-state index contributed by atoms with van der Waals surface area (Å²) in [6.45, 7) is 0. The number of furan rings is 1. The van der Waals surface area contributed by atoms with Gasteiger partial charge in [-0.05, 0) is 12.1 Å². The van der Waals surface area contributed by atoms with E-state index < -0.39 is 0 Å². The predicted octanol–water partition coefficient (Wildman–Crippen LogP) is 1.96. The molecule has 0 unspecified atom stereocenters. The van der Waals surface area contributed by atoms with E-state index in [0.29, 0.717) is 29.0 Å². The molecule has 0 spiro atoms. The van der Waals surface area contributed by atoms with Gasteiger partial charge in [-0.2, -0.15) is 4.98 Å². The number of thiazole rings is 1. The van der Waals surface area contributed by atoms with E-state index in [2.05, 4.69) is 15.1 Å². The summed E-state index contributed by atoms with van der Waals surface area (Å²) in [6.07, 6.45) is 2.04. The molecule has 0 aliphatic heterocycles. The highest BCUT2D eigenvalue weighted by atomic mass is 32.1. The number of nitrogen functional groups attached to an aromatic ring is 1. The molecule has 0 bridgehead atoms. The SMILES string of the molecule is Nc1nc(Cc2nc(-c3ccco3)no2)cs1. The number of rotatable bonds is 3. The van der Waals surface area contributed by atoms with E-state index in [9.17, 15) is 0 Å². The average molecular weight is 248 g/mol. The molecule has 0 saturated heterocycles. The molecule has 3 heterocycles. The van der Waals surface area contributed by atoms with Crippen LogP contribution in [0.1, 0.15) is 11.6 Å². The zero-order valence-electron chi connectivity index (χ0n) is 8.66. The normalized spacial score (nSPS) is 10.8. The fourth-order valence-corrected chi connectivity index (χ4v) is 1.95. The van der Waals surface area contributed by atoms with Gasteiger partial charge in [-0.1, -0.05) is 5.16 Å². The van der Waals surface area contributed by atoms with Crippen molar-refractivity contribution in [3.63, 3.8) is 0 Å². The van der Waals surface area contributed by atoms with Crippen molar-refractivity contribution in [2.24, 2.45) is 0 Å². The van der Waals surface area contributed by atoms with Crippen LogP contribution in [0.15, 0.2) is 32.7 Å². The molecule has 3 aromatic heterocycles. The summed E-state index contributed by atoms with van der Waals surface area (Å²) in [5.41, 5.74) is 6.36. The standard InChI is InChI=1S/C10H8N4O2S/c11-10-12-6(5-17-10)4-8-13-9(14-16-8)7-2-1-3-15-7/h1-3,5H,4H2,(H2,11,12). The van der Waals surface area contributed by atoms with E-state index in [0.717, 1.165) is 5.69 Å². The second-order valence-electron chi connectivity index (χ2n) is 3.34. The Morgan fingerprint density at radius 2 is 2.29 bits per heavy atom. The molecule has 0 fully saturated rings. The summed E-state index contributed by atoms with van der Waals surface area (Å²) in [5.74, 6) is 1.51. The molecular weight excluding hydrogens is 240 g/mol.